The molecular formula is C11H18ClN7S. The molecule has 0 atom stereocenters. The van der Waals surface area contributed by atoms with Gasteiger partial charge >= 0.3 is 0 Å². The minimum Gasteiger partial charge on any atom is -0.322 e. The monoisotopic (exact) mass is 315 g/mol. The van der Waals surface area contributed by atoms with E-state index in [1.807, 2.05) is 11.6 Å². The molecule has 0 saturated heterocycles. The van der Waals surface area contributed by atoms with Crippen molar-refractivity contribution >= 4 is 23.4 Å². The zero-order valence-corrected chi connectivity index (χ0v) is 13.2. The molecule has 9 heteroatoms. The molecule has 0 aliphatic rings. The van der Waals surface area contributed by atoms with Crippen molar-refractivity contribution in [2.24, 2.45) is 7.05 Å². The van der Waals surface area contributed by atoms with Gasteiger partial charge in [-0.1, -0.05) is 30.3 Å². The SMILES string of the molecule is CCCNCCn1nnnc1SCc1ncc(Cl)n1C. The van der Waals surface area contributed by atoms with Crippen LogP contribution >= 0.6 is 23.4 Å². The van der Waals surface area contributed by atoms with Crippen LogP contribution < -0.4 is 5.32 Å². The summed E-state index contributed by atoms with van der Waals surface area (Å²) in [5, 5.41) is 16.5. The van der Waals surface area contributed by atoms with Crippen molar-refractivity contribution in [3.63, 3.8) is 0 Å². The van der Waals surface area contributed by atoms with Crippen LogP contribution in [0.4, 0.5) is 0 Å². The molecular weight excluding hydrogens is 298 g/mol. The third-order valence-electron chi connectivity index (χ3n) is 2.78. The van der Waals surface area contributed by atoms with Crippen LogP contribution in [0.2, 0.25) is 5.15 Å². The molecule has 2 aromatic heterocycles. The Hall–Kier alpha value is -1.12. The van der Waals surface area contributed by atoms with Crippen LogP contribution in [0.1, 0.15) is 19.2 Å². The number of aromatic nitrogens is 6. The van der Waals surface area contributed by atoms with Gasteiger partial charge in [-0.05, 0) is 23.4 Å². The predicted octanol–water partition coefficient (Wildman–Crippen LogP) is 1.35. The number of halogens is 1. The first-order valence-corrected chi connectivity index (χ1v) is 7.84. The Kier molecular flexibility index (Phi) is 5.81. The van der Waals surface area contributed by atoms with Crippen molar-refractivity contribution in [2.75, 3.05) is 13.1 Å². The van der Waals surface area contributed by atoms with Crippen LogP contribution in [-0.4, -0.2) is 42.8 Å². The molecule has 0 aliphatic heterocycles. The number of thioether (sulfide) groups is 1. The van der Waals surface area contributed by atoms with Gasteiger partial charge in [0, 0.05) is 13.6 Å². The van der Waals surface area contributed by atoms with Crippen LogP contribution in [0.15, 0.2) is 11.4 Å². The first-order valence-electron chi connectivity index (χ1n) is 6.48. The predicted molar refractivity (Wildman–Crippen MR) is 78.8 cm³/mol. The second-order valence-corrected chi connectivity index (χ2v) is 5.61. The number of nitrogens with zero attached hydrogens (tertiary/aromatic N) is 6. The van der Waals surface area contributed by atoms with Gasteiger partial charge in [0.25, 0.3) is 0 Å². The Morgan fingerprint density at radius 3 is 2.95 bits per heavy atom. The first kappa shape index (κ1) is 15.3. The van der Waals surface area contributed by atoms with E-state index < -0.39 is 0 Å². The molecule has 110 valence electrons. The molecule has 1 N–H and O–H groups in total. The first-order chi connectivity index (χ1) is 9.72. The Bertz CT molecular complexity index is 539. The third kappa shape index (κ3) is 3.94. The van der Waals surface area contributed by atoms with E-state index in [1.165, 1.54) is 0 Å². The van der Waals surface area contributed by atoms with Crippen molar-refractivity contribution in [3.05, 3.63) is 17.2 Å². The summed E-state index contributed by atoms with van der Waals surface area (Å²) in [5.41, 5.74) is 0. The average molecular weight is 316 g/mol. The normalized spacial score (nSPS) is 11.2. The van der Waals surface area contributed by atoms with Crippen LogP contribution in [0.3, 0.4) is 0 Å². The van der Waals surface area contributed by atoms with E-state index in [4.69, 9.17) is 11.6 Å². The Balaban J connectivity index is 1.87. The second-order valence-electron chi connectivity index (χ2n) is 4.28. The lowest BCUT2D eigenvalue weighted by molar-refractivity contribution is 0.510. The molecule has 0 spiro atoms. The zero-order valence-electron chi connectivity index (χ0n) is 11.6. The van der Waals surface area contributed by atoms with E-state index in [1.54, 1.807) is 22.6 Å². The van der Waals surface area contributed by atoms with Gasteiger partial charge in [-0.25, -0.2) is 9.67 Å². The topological polar surface area (TPSA) is 73.5 Å². The van der Waals surface area contributed by atoms with Gasteiger partial charge in [0.1, 0.15) is 11.0 Å². The number of tetrazole rings is 1. The summed E-state index contributed by atoms with van der Waals surface area (Å²) in [6.07, 6.45) is 2.77. The molecule has 0 aromatic carbocycles. The van der Waals surface area contributed by atoms with E-state index in [-0.39, 0.29) is 0 Å². The summed E-state index contributed by atoms with van der Waals surface area (Å²) in [4.78, 5) is 4.25. The standard InChI is InChI=1S/C11H18ClN7S/c1-3-4-13-5-6-19-11(15-16-17-19)20-8-10-14-7-9(12)18(10)2/h7,13H,3-6,8H2,1-2H3. The number of nitrogens with one attached hydrogen (secondary N) is 1. The lowest BCUT2D eigenvalue weighted by atomic mass is 10.5. The molecule has 0 amide bonds. The summed E-state index contributed by atoms with van der Waals surface area (Å²) in [6, 6.07) is 0. The third-order valence-corrected chi connectivity index (χ3v) is 4.09. The van der Waals surface area contributed by atoms with Crippen molar-refractivity contribution < 1.29 is 0 Å². The molecule has 0 unspecified atom stereocenters. The minimum absolute atomic E-state index is 0.629. The Morgan fingerprint density at radius 1 is 1.40 bits per heavy atom. The van der Waals surface area contributed by atoms with E-state index in [9.17, 15) is 0 Å². The van der Waals surface area contributed by atoms with Crippen LogP contribution in [0.25, 0.3) is 0 Å². The van der Waals surface area contributed by atoms with Crippen molar-refractivity contribution in [2.45, 2.75) is 30.8 Å². The van der Waals surface area contributed by atoms with E-state index in [2.05, 4.69) is 32.7 Å². The molecule has 0 saturated carbocycles. The minimum atomic E-state index is 0.629. The van der Waals surface area contributed by atoms with Gasteiger partial charge in [0.05, 0.1) is 18.5 Å². The fourth-order valence-electron chi connectivity index (χ4n) is 1.61. The second kappa shape index (κ2) is 7.61. The van der Waals surface area contributed by atoms with Gasteiger partial charge in [-0.3, -0.25) is 0 Å². The summed E-state index contributed by atoms with van der Waals surface area (Å²) >= 11 is 7.51. The molecule has 20 heavy (non-hydrogen) atoms. The number of rotatable bonds is 8. The summed E-state index contributed by atoms with van der Waals surface area (Å²) in [6.45, 7) is 4.77. The molecule has 2 heterocycles. The number of imidazole rings is 1. The molecule has 0 aliphatic carbocycles. The number of hydrogen-bond donors (Lipinski definition) is 1. The summed E-state index contributed by atoms with van der Waals surface area (Å²) < 4.78 is 3.66. The molecule has 7 nitrogen and oxygen atoms in total. The molecule has 0 fully saturated rings. The quantitative estimate of drug-likeness (QED) is 0.585. The van der Waals surface area contributed by atoms with Gasteiger partial charge < -0.3 is 9.88 Å². The van der Waals surface area contributed by atoms with Crippen LogP contribution in [0.5, 0.6) is 0 Å². The van der Waals surface area contributed by atoms with E-state index in [0.29, 0.717) is 10.9 Å². The fourth-order valence-corrected chi connectivity index (χ4v) is 2.66. The van der Waals surface area contributed by atoms with E-state index in [0.717, 1.165) is 37.0 Å². The van der Waals surface area contributed by atoms with Gasteiger partial charge in [0.2, 0.25) is 5.16 Å². The fraction of sp³-hybridized carbons (Fsp3) is 0.636. The Labute approximate surface area is 127 Å². The highest BCUT2D eigenvalue weighted by Crippen LogP contribution is 2.20. The highest BCUT2D eigenvalue weighted by atomic mass is 35.5. The van der Waals surface area contributed by atoms with Gasteiger partial charge in [-0.2, -0.15) is 0 Å². The van der Waals surface area contributed by atoms with Crippen molar-refractivity contribution in [3.8, 4) is 0 Å². The molecule has 2 aromatic rings. The summed E-state index contributed by atoms with van der Waals surface area (Å²) in [5.74, 6) is 1.59. The van der Waals surface area contributed by atoms with Crippen molar-refractivity contribution in [1.82, 2.24) is 35.1 Å². The smallest absolute Gasteiger partial charge is 0.209 e. The highest BCUT2D eigenvalue weighted by molar-refractivity contribution is 7.98. The van der Waals surface area contributed by atoms with Crippen LogP contribution in [0, 0.1) is 0 Å². The average Bonchev–Trinajstić information content (AvgIpc) is 3.02. The molecule has 0 bridgehead atoms. The van der Waals surface area contributed by atoms with Crippen molar-refractivity contribution in [1.29, 1.82) is 0 Å². The molecule has 0 radical (unpaired) electrons. The molecule has 2 rings (SSSR count). The number of hydrogen-bond acceptors (Lipinski definition) is 6. The largest absolute Gasteiger partial charge is 0.322 e. The zero-order chi connectivity index (χ0) is 14.4. The maximum atomic E-state index is 5.96. The van der Waals surface area contributed by atoms with E-state index >= 15 is 0 Å². The maximum absolute atomic E-state index is 5.96. The lowest BCUT2D eigenvalue weighted by Crippen LogP contribution is -2.21. The van der Waals surface area contributed by atoms with Gasteiger partial charge in [0.15, 0.2) is 0 Å². The lowest BCUT2D eigenvalue weighted by Gasteiger charge is -2.05. The maximum Gasteiger partial charge on any atom is 0.209 e. The van der Waals surface area contributed by atoms with Crippen LogP contribution in [-0.2, 0) is 19.3 Å². The summed E-state index contributed by atoms with van der Waals surface area (Å²) in [7, 11) is 1.89. The van der Waals surface area contributed by atoms with Gasteiger partial charge in [-0.15, -0.1) is 5.10 Å². The Morgan fingerprint density at radius 2 is 2.25 bits per heavy atom. The highest BCUT2D eigenvalue weighted by Gasteiger charge is 2.10.